The van der Waals surface area contributed by atoms with Crippen LogP contribution in [-0.2, 0) is 69.1 Å². The highest BCUT2D eigenvalue weighted by atomic mass is 79.9. The van der Waals surface area contributed by atoms with E-state index in [9.17, 15) is 59.6 Å². The monoisotopic (exact) mass is 980 g/mol. The van der Waals surface area contributed by atoms with Gasteiger partial charge in [-0.25, -0.2) is 25.2 Å². The van der Waals surface area contributed by atoms with E-state index in [1.54, 1.807) is 0 Å². The third-order valence-electron chi connectivity index (χ3n) is 7.10. The number of benzene rings is 4. The third kappa shape index (κ3) is 11.7. The molecule has 0 atom stereocenters. The minimum Gasteiger partial charge on any atom is -0.396 e. The van der Waals surface area contributed by atoms with Crippen LogP contribution in [-0.4, -0.2) is 93.4 Å². The van der Waals surface area contributed by atoms with Gasteiger partial charge in [0, 0.05) is 9.86 Å². The molecule has 0 aromatic heterocycles. The van der Waals surface area contributed by atoms with Crippen molar-refractivity contribution < 1.29 is 77.1 Å². The normalized spacial score (nSPS) is 13.6. The second-order valence-electron chi connectivity index (χ2n) is 11.0. The van der Waals surface area contributed by atoms with Gasteiger partial charge in [-0.05, 0) is 75.9 Å². The summed E-state index contributed by atoms with van der Waals surface area (Å²) in [4.78, 5) is -2.76. The summed E-state index contributed by atoms with van der Waals surface area (Å²) in [6.45, 7) is -1.82. The van der Waals surface area contributed by atoms with Gasteiger partial charge < -0.3 is 11.5 Å². The number of hydrogen-bond donors (Lipinski definition) is 6. The van der Waals surface area contributed by atoms with Crippen LogP contribution in [0, 0.1) is 0 Å². The van der Waals surface area contributed by atoms with E-state index in [4.69, 9.17) is 20.6 Å². The summed E-state index contributed by atoms with van der Waals surface area (Å²) in [5, 5.41) is 14.5. The number of rotatable bonds is 16. The molecule has 4 aromatic carbocycles. The molecular weight excluding hydrogens is 957 g/mol. The Labute approximate surface area is 332 Å². The Morgan fingerprint density at radius 2 is 0.982 bits per heavy atom. The van der Waals surface area contributed by atoms with Gasteiger partial charge in [-0.15, -0.1) is 15.3 Å². The molecule has 4 aromatic rings. The van der Waals surface area contributed by atoms with Crippen molar-refractivity contribution in [1.29, 1.82) is 0 Å². The molecule has 57 heavy (non-hydrogen) atoms. The SMILES string of the molecule is Nc1c(N=Nc2ccc(S(=O)(=O)CCOS(=O)(=O)O)cc2)c(S(=O)(=O)O)cc2cc(S(=O)(=O)O)c(N=Nc3ccc(S(=O)(=O)CCOS(=O)(=O)O)cc3Br)c(N)c12. The first-order valence-electron chi connectivity index (χ1n) is 14.6. The first kappa shape index (κ1) is 45.6. The highest BCUT2D eigenvalue weighted by molar-refractivity contribution is 9.10. The lowest BCUT2D eigenvalue weighted by atomic mass is 10.0. The number of azo groups is 2. The molecule has 0 aliphatic carbocycles. The first-order valence-corrected chi connectivity index (χ1v) is 24.3. The number of nitrogen functional groups attached to an aromatic ring is 2. The second-order valence-corrected chi connectivity index (χ2v) is 21.0. The number of nitrogens with two attached hydrogens (primary N) is 2. The van der Waals surface area contributed by atoms with Crippen molar-refractivity contribution in [2.45, 2.75) is 19.6 Å². The van der Waals surface area contributed by atoms with Crippen LogP contribution < -0.4 is 11.5 Å². The molecule has 0 unspecified atom stereocenters. The fourth-order valence-electron chi connectivity index (χ4n) is 4.59. The number of halogens is 1. The summed E-state index contributed by atoms with van der Waals surface area (Å²) < 4.78 is 188. The molecule has 0 aliphatic rings. The van der Waals surface area contributed by atoms with Crippen molar-refractivity contribution in [3.63, 3.8) is 0 Å². The quantitative estimate of drug-likeness (QED) is 0.0533. The fourth-order valence-corrected chi connectivity index (χ4v) is 9.54. The molecule has 0 fully saturated rings. The Morgan fingerprint density at radius 1 is 0.561 bits per heavy atom. The summed E-state index contributed by atoms with van der Waals surface area (Å²) in [6, 6.07) is 8.72. The molecule has 0 spiro atoms. The van der Waals surface area contributed by atoms with Crippen molar-refractivity contribution in [1.82, 2.24) is 0 Å². The van der Waals surface area contributed by atoms with Crippen molar-refractivity contribution in [2.24, 2.45) is 20.5 Å². The van der Waals surface area contributed by atoms with Gasteiger partial charge in [0.15, 0.2) is 19.7 Å². The minimum absolute atomic E-state index is 0.0624. The predicted octanol–water partition coefficient (Wildman–Crippen LogP) is 3.28. The van der Waals surface area contributed by atoms with Crippen molar-refractivity contribution in [3.05, 3.63) is 59.1 Å². The van der Waals surface area contributed by atoms with E-state index in [1.165, 1.54) is 0 Å². The van der Waals surface area contributed by atoms with E-state index in [0.29, 0.717) is 12.1 Å². The number of anilines is 2. The summed E-state index contributed by atoms with van der Waals surface area (Å²) in [6.07, 6.45) is 0. The van der Waals surface area contributed by atoms with Gasteiger partial charge in [-0.1, -0.05) is 0 Å². The topological polar surface area (TPSA) is 406 Å². The van der Waals surface area contributed by atoms with E-state index in [1.807, 2.05) is 0 Å². The van der Waals surface area contributed by atoms with Crippen LogP contribution in [0.25, 0.3) is 10.8 Å². The summed E-state index contributed by atoms with van der Waals surface area (Å²) in [5.74, 6) is -1.72. The van der Waals surface area contributed by atoms with E-state index >= 15 is 0 Å². The third-order valence-corrected chi connectivity index (χ3v) is 13.8. The van der Waals surface area contributed by atoms with Gasteiger partial charge in [0.1, 0.15) is 21.2 Å². The van der Waals surface area contributed by atoms with Gasteiger partial charge >= 0.3 is 20.8 Å². The molecule has 0 saturated heterocycles. The van der Waals surface area contributed by atoms with Gasteiger partial charge in [-0.3, -0.25) is 18.2 Å². The second kappa shape index (κ2) is 16.6. The van der Waals surface area contributed by atoms with Gasteiger partial charge in [0.2, 0.25) is 0 Å². The number of hydrogen-bond acceptors (Lipinski definition) is 20. The Hall–Kier alpha value is -4.12. The highest BCUT2D eigenvalue weighted by Gasteiger charge is 2.27. The molecule has 0 heterocycles. The molecule has 8 N–H and O–H groups in total. The average molecular weight is 982 g/mol. The average Bonchev–Trinajstić information content (AvgIpc) is 3.05. The zero-order valence-corrected chi connectivity index (χ0v) is 34.3. The molecule has 4 rings (SSSR count). The number of fused-ring (bicyclic) bond motifs is 1. The van der Waals surface area contributed by atoms with Crippen molar-refractivity contribution >= 4 is 122 Å². The maximum atomic E-state index is 12.6. The lowest BCUT2D eigenvalue weighted by Gasteiger charge is -2.15. The van der Waals surface area contributed by atoms with Crippen molar-refractivity contribution in [2.75, 3.05) is 36.2 Å². The Morgan fingerprint density at radius 3 is 1.40 bits per heavy atom. The first-order chi connectivity index (χ1) is 26.0. The Kier molecular flexibility index (Phi) is 13.3. The van der Waals surface area contributed by atoms with Crippen molar-refractivity contribution in [3.8, 4) is 0 Å². The zero-order chi connectivity index (χ0) is 42.9. The summed E-state index contributed by atoms with van der Waals surface area (Å²) >= 11 is 3.07. The molecular formula is C26H25BrN6O18S6. The van der Waals surface area contributed by atoms with E-state index in [2.05, 4.69) is 44.8 Å². The van der Waals surface area contributed by atoms with Gasteiger partial charge in [0.25, 0.3) is 20.2 Å². The summed E-state index contributed by atoms with van der Waals surface area (Å²) in [7, 11) is -28.6. The minimum atomic E-state index is -5.23. The standard InChI is InChI=1S/C26H25BrN6O18S6/c27-18-13-17(53(36,37)10-8-51-57(47,48)49)5-6-19(18)31-33-26-21(55(41,42)43)12-14-11-20(54(38,39)40)25(23(28)22(14)24(26)29)32-30-15-1-3-16(4-2-15)52(34,35)9-7-50-56(44,45)46/h1-6,11-13H,7-10,28-29H2,(H,38,39,40)(H,41,42,43)(H,44,45,46)(H,47,48,49). The lowest BCUT2D eigenvalue weighted by molar-refractivity contribution is 0.282. The molecule has 0 aliphatic heterocycles. The van der Waals surface area contributed by atoms with Crippen LogP contribution >= 0.6 is 15.9 Å². The molecule has 0 saturated carbocycles. The van der Waals surface area contributed by atoms with Crippen LogP contribution in [0.15, 0.2) is 99.1 Å². The van der Waals surface area contributed by atoms with Crippen LogP contribution in [0.2, 0.25) is 0 Å². The molecule has 0 bridgehead atoms. The molecule has 310 valence electrons. The maximum absolute atomic E-state index is 12.6. The van der Waals surface area contributed by atoms with Crippen LogP contribution in [0.5, 0.6) is 0 Å². The maximum Gasteiger partial charge on any atom is 0.397 e. The molecule has 31 heteroatoms. The Balaban J connectivity index is 1.79. The largest absolute Gasteiger partial charge is 0.397 e. The van der Waals surface area contributed by atoms with Gasteiger partial charge in [-0.2, -0.15) is 38.8 Å². The smallest absolute Gasteiger partial charge is 0.396 e. The Bertz CT molecular complexity index is 3020. The van der Waals surface area contributed by atoms with Crippen LogP contribution in [0.1, 0.15) is 0 Å². The van der Waals surface area contributed by atoms with Crippen LogP contribution in [0.4, 0.5) is 34.1 Å². The van der Waals surface area contributed by atoms with E-state index < -0.39 is 118 Å². The fraction of sp³-hybridized carbons (Fsp3) is 0.154. The van der Waals surface area contributed by atoms with Gasteiger partial charge in [0.05, 0.1) is 57.3 Å². The lowest BCUT2D eigenvalue weighted by Crippen LogP contribution is -2.15. The number of nitrogens with zero attached hydrogens (tertiary/aromatic N) is 4. The number of sulfone groups is 2. The molecule has 24 nitrogen and oxygen atoms in total. The zero-order valence-electron chi connectivity index (χ0n) is 27.8. The predicted molar refractivity (Wildman–Crippen MR) is 200 cm³/mol. The highest BCUT2D eigenvalue weighted by Crippen LogP contribution is 2.46. The van der Waals surface area contributed by atoms with E-state index in [0.717, 1.165) is 42.5 Å². The summed E-state index contributed by atoms with van der Waals surface area (Å²) in [5.41, 5.74) is 9.45. The van der Waals surface area contributed by atoms with Crippen LogP contribution in [0.3, 0.4) is 0 Å². The molecule has 0 amide bonds. The van der Waals surface area contributed by atoms with E-state index in [-0.39, 0.29) is 36.4 Å². The molecule has 0 radical (unpaired) electrons.